The summed E-state index contributed by atoms with van der Waals surface area (Å²) in [6.45, 7) is 4.28. The fourth-order valence-corrected chi connectivity index (χ4v) is 2.11. The molecule has 1 aromatic heterocycles. The third-order valence-corrected chi connectivity index (χ3v) is 2.84. The zero-order valence-corrected chi connectivity index (χ0v) is 10.4. The van der Waals surface area contributed by atoms with Crippen LogP contribution in [0.2, 0.25) is 0 Å². The highest BCUT2D eigenvalue weighted by atomic mass is 16.5. The molecule has 2 rings (SSSR count). The van der Waals surface area contributed by atoms with Crippen molar-refractivity contribution >= 4 is 5.82 Å². The average molecular weight is 253 g/mol. The second-order valence-electron chi connectivity index (χ2n) is 4.48. The lowest BCUT2D eigenvalue weighted by Crippen LogP contribution is -2.47. The van der Waals surface area contributed by atoms with Crippen LogP contribution in [-0.2, 0) is 11.3 Å². The van der Waals surface area contributed by atoms with Crippen LogP contribution >= 0.6 is 0 Å². The number of hydrogen-bond acceptors (Lipinski definition) is 7. The van der Waals surface area contributed by atoms with Gasteiger partial charge in [0.1, 0.15) is 0 Å². The fraction of sp³-hybridized carbons (Fsp3) is 0.636. The molecule has 0 saturated carbocycles. The molecule has 7 heteroatoms. The van der Waals surface area contributed by atoms with Crippen LogP contribution in [0, 0.1) is 0 Å². The lowest BCUT2D eigenvalue weighted by Gasteiger charge is -2.35. The zero-order valence-electron chi connectivity index (χ0n) is 10.4. The number of hydrazine groups is 1. The van der Waals surface area contributed by atoms with Crippen molar-refractivity contribution in [1.29, 1.82) is 0 Å². The van der Waals surface area contributed by atoms with Gasteiger partial charge in [-0.15, -0.1) is 0 Å². The van der Waals surface area contributed by atoms with Crippen LogP contribution in [0.3, 0.4) is 0 Å². The number of aliphatic hydroxyl groups is 1. The third-order valence-electron chi connectivity index (χ3n) is 2.84. The van der Waals surface area contributed by atoms with E-state index < -0.39 is 0 Å². The summed E-state index contributed by atoms with van der Waals surface area (Å²) in [6.07, 6.45) is 3.30. The van der Waals surface area contributed by atoms with Crippen molar-refractivity contribution in [3.63, 3.8) is 0 Å². The first-order valence-electron chi connectivity index (χ1n) is 5.97. The van der Waals surface area contributed by atoms with Gasteiger partial charge in [-0.25, -0.2) is 10.8 Å². The molecule has 7 nitrogen and oxygen atoms in total. The van der Waals surface area contributed by atoms with E-state index in [1.54, 1.807) is 12.4 Å². The lowest BCUT2D eigenvalue weighted by molar-refractivity contribution is -0.0975. The second kappa shape index (κ2) is 6.05. The van der Waals surface area contributed by atoms with Gasteiger partial charge in [-0.2, -0.15) is 0 Å². The molecular formula is C11H19N5O2. The summed E-state index contributed by atoms with van der Waals surface area (Å²) in [5.41, 5.74) is 3.32. The topological polar surface area (TPSA) is 96.5 Å². The summed E-state index contributed by atoms with van der Waals surface area (Å²) in [5, 5.41) is 9.16. The molecule has 1 aliphatic heterocycles. The standard InChI is InChI=1S/C11H19N5O2/c1-8-4-16(6-10(7-17)18-8)5-9-2-14-11(15-12)3-13-9/h2-3,8,10,17H,4-7,12H2,1H3,(H,14,15). The number of ether oxygens (including phenoxy) is 1. The van der Waals surface area contributed by atoms with Crippen LogP contribution in [0.4, 0.5) is 5.82 Å². The molecule has 2 atom stereocenters. The summed E-state index contributed by atoms with van der Waals surface area (Å²) in [5.74, 6) is 5.78. The molecule has 2 heterocycles. The van der Waals surface area contributed by atoms with E-state index in [0.717, 1.165) is 12.2 Å². The summed E-state index contributed by atoms with van der Waals surface area (Å²) in [4.78, 5) is 10.6. The number of nitrogens with one attached hydrogen (secondary N) is 1. The van der Waals surface area contributed by atoms with Gasteiger partial charge in [0.05, 0.1) is 36.9 Å². The molecule has 0 spiro atoms. The Balaban J connectivity index is 1.95. The summed E-state index contributed by atoms with van der Waals surface area (Å²) >= 11 is 0. The number of morpholine rings is 1. The minimum absolute atomic E-state index is 0.0442. The molecule has 0 amide bonds. The Bertz CT molecular complexity index is 372. The van der Waals surface area contributed by atoms with E-state index in [2.05, 4.69) is 20.3 Å². The largest absolute Gasteiger partial charge is 0.394 e. The number of aromatic nitrogens is 2. The van der Waals surface area contributed by atoms with Gasteiger partial charge in [-0.1, -0.05) is 0 Å². The van der Waals surface area contributed by atoms with Gasteiger partial charge in [-0.3, -0.25) is 9.88 Å². The first-order valence-corrected chi connectivity index (χ1v) is 5.97. The Morgan fingerprint density at radius 3 is 2.94 bits per heavy atom. The van der Waals surface area contributed by atoms with Crippen LogP contribution in [0.5, 0.6) is 0 Å². The monoisotopic (exact) mass is 253 g/mol. The zero-order chi connectivity index (χ0) is 13.0. The number of nitrogen functional groups attached to an aromatic ring is 1. The van der Waals surface area contributed by atoms with E-state index in [4.69, 9.17) is 15.7 Å². The Morgan fingerprint density at radius 2 is 2.33 bits per heavy atom. The molecule has 4 N–H and O–H groups in total. The number of nitrogens with two attached hydrogens (primary N) is 1. The highest BCUT2D eigenvalue weighted by Gasteiger charge is 2.24. The van der Waals surface area contributed by atoms with Gasteiger partial charge in [0.25, 0.3) is 0 Å². The fourth-order valence-electron chi connectivity index (χ4n) is 2.11. The number of nitrogens with zero attached hydrogens (tertiary/aromatic N) is 3. The Morgan fingerprint density at radius 1 is 1.50 bits per heavy atom. The Labute approximate surface area is 106 Å². The SMILES string of the molecule is CC1CN(Cc2cnc(NN)cn2)CC(CO)O1. The molecule has 1 aromatic rings. The van der Waals surface area contributed by atoms with E-state index in [1.807, 2.05) is 6.92 Å². The van der Waals surface area contributed by atoms with Gasteiger partial charge in [-0.05, 0) is 6.92 Å². The van der Waals surface area contributed by atoms with E-state index >= 15 is 0 Å². The third kappa shape index (κ3) is 3.36. The molecule has 100 valence electrons. The number of anilines is 1. The van der Waals surface area contributed by atoms with Crippen molar-refractivity contribution in [3.8, 4) is 0 Å². The molecule has 1 fully saturated rings. The minimum Gasteiger partial charge on any atom is -0.394 e. The maximum Gasteiger partial charge on any atom is 0.158 e. The highest BCUT2D eigenvalue weighted by Crippen LogP contribution is 2.13. The van der Waals surface area contributed by atoms with E-state index in [9.17, 15) is 0 Å². The number of aliphatic hydroxyl groups excluding tert-OH is 1. The molecule has 0 bridgehead atoms. The molecular weight excluding hydrogens is 234 g/mol. The summed E-state index contributed by atoms with van der Waals surface area (Å²) in [7, 11) is 0. The first kappa shape index (κ1) is 13.2. The van der Waals surface area contributed by atoms with Gasteiger partial charge in [0, 0.05) is 19.6 Å². The maximum atomic E-state index is 9.16. The molecule has 18 heavy (non-hydrogen) atoms. The van der Waals surface area contributed by atoms with Crippen molar-refractivity contribution in [3.05, 3.63) is 18.1 Å². The predicted octanol–water partition coefficient (Wildman–Crippen LogP) is -0.656. The van der Waals surface area contributed by atoms with Crippen LogP contribution in [0.25, 0.3) is 0 Å². The van der Waals surface area contributed by atoms with Crippen LogP contribution in [0.1, 0.15) is 12.6 Å². The predicted molar refractivity (Wildman–Crippen MR) is 66.5 cm³/mol. The summed E-state index contributed by atoms with van der Waals surface area (Å²) < 4.78 is 5.59. The first-order chi connectivity index (χ1) is 8.71. The lowest BCUT2D eigenvalue weighted by atomic mass is 10.2. The van der Waals surface area contributed by atoms with Crippen molar-refractivity contribution in [2.45, 2.75) is 25.7 Å². The van der Waals surface area contributed by atoms with Gasteiger partial charge < -0.3 is 15.3 Å². The van der Waals surface area contributed by atoms with E-state index in [-0.39, 0.29) is 18.8 Å². The average Bonchev–Trinajstić information content (AvgIpc) is 2.39. The van der Waals surface area contributed by atoms with Gasteiger partial charge in [0.2, 0.25) is 0 Å². The van der Waals surface area contributed by atoms with E-state index in [0.29, 0.717) is 18.9 Å². The van der Waals surface area contributed by atoms with Gasteiger partial charge in [0.15, 0.2) is 5.82 Å². The summed E-state index contributed by atoms with van der Waals surface area (Å²) in [6, 6.07) is 0. The van der Waals surface area contributed by atoms with Crippen LogP contribution in [0.15, 0.2) is 12.4 Å². The number of hydrogen-bond donors (Lipinski definition) is 3. The molecule has 0 aliphatic carbocycles. The van der Waals surface area contributed by atoms with Crippen LogP contribution < -0.4 is 11.3 Å². The molecule has 0 radical (unpaired) electrons. The minimum atomic E-state index is -0.119. The van der Waals surface area contributed by atoms with Crippen molar-refractivity contribution < 1.29 is 9.84 Å². The van der Waals surface area contributed by atoms with Crippen molar-refractivity contribution in [2.24, 2.45) is 5.84 Å². The quantitative estimate of drug-likeness (QED) is 0.484. The molecule has 0 aromatic carbocycles. The van der Waals surface area contributed by atoms with Gasteiger partial charge >= 0.3 is 0 Å². The molecule has 2 unspecified atom stereocenters. The maximum absolute atomic E-state index is 9.16. The number of rotatable bonds is 4. The smallest absolute Gasteiger partial charge is 0.158 e. The molecule has 1 saturated heterocycles. The Kier molecular flexibility index (Phi) is 4.43. The Hall–Kier alpha value is -1.28. The molecule has 1 aliphatic rings. The van der Waals surface area contributed by atoms with E-state index in [1.165, 1.54) is 0 Å². The van der Waals surface area contributed by atoms with Crippen molar-refractivity contribution in [1.82, 2.24) is 14.9 Å². The highest BCUT2D eigenvalue weighted by molar-refractivity contribution is 5.28. The normalized spacial score (nSPS) is 25.1. The van der Waals surface area contributed by atoms with Crippen LogP contribution in [-0.4, -0.2) is 51.9 Å². The van der Waals surface area contributed by atoms with Crippen molar-refractivity contribution in [2.75, 3.05) is 25.1 Å². The second-order valence-corrected chi connectivity index (χ2v) is 4.48.